The molecule has 0 fully saturated rings. The van der Waals surface area contributed by atoms with Crippen LogP contribution in [-0.4, -0.2) is 58.0 Å². The van der Waals surface area contributed by atoms with Gasteiger partial charge in [0, 0.05) is 0 Å². The van der Waals surface area contributed by atoms with Gasteiger partial charge in [0.2, 0.25) is 5.91 Å². The maximum absolute atomic E-state index is 12.0. The van der Waals surface area contributed by atoms with Crippen LogP contribution in [0.2, 0.25) is 0 Å². The fourth-order valence-electron chi connectivity index (χ4n) is 1.55. The minimum Gasteiger partial charge on any atom is -0.480 e. The van der Waals surface area contributed by atoms with Crippen molar-refractivity contribution in [3.8, 4) is 0 Å². The highest BCUT2D eigenvalue weighted by atomic mass is 16.4. The highest BCUT2D eigenvalue weighted by Gasteiger charge is 2.26. The lowest BCUT2D eigenvalue weighted by Crippen LogP contribution is -2.49. The van der Waals surface area contributed by atoms with Crippen molar-refractivity contribution < 1.29 is 33.8 Å². The van der Waals surface area contributed by atoms with E-state index < -0.39 is 42.9 Å². The lowest BCUT2D eigenvalue weighted by molar-refractivity contribution is -0.149. The molecule has 0 bridgehead atoms. The van der Waals surface area contributed by atoms with Crippen molar-refractivity contribution in [2.75, 3.05) is 13.1 Å². The summed E-state index contributed by atoms with van der Waals surface area (Å²) in [6, 6.07) is 1.78. The molecule has 1 aromatic rings. The minimum absolute atomic E-state index is 0.0160. The van der Waals surface area contributed by atoms with Crippen molar-refractivity contribution in [1.29, 1.82) is 0 Å². The van der Waals surface area contributed by atoms with Crippen molar-refractivity contribution in [3.05, 3.63) is 24.2 Å². The van der Waals surface area contributed by atoms with Crippen LogP contribution < -0.4 is 5.32 Å². The van der Waals surface area contributed by atoms with Gasteiger partial charge in [0.1, 0.15) is 19.1 Å². The van der Waals surface area contributed by atoms with Gasteiger partial charge >= 0.3 is 11.9 Å². The van der Waals surface area contributed by atoms with Gasteiger partial charge in [-0.25, -0.2) is 0 Å². The first kappa shape index (κ1) is 16.2. The van der Waals surface area contributed by atoms with E-state index in [9.17, 15) is 19.2 Å². The molecule has 1 unspecified atom stereocenters. The number of hydrogen-bond acceptors (Lipinski definition) is 5. The monoisotopic (exact) mass is 298 g/mol. The zero-order valence-electron chi connectivity index (χ0n) is 11.1. The number of carbonyl (C=O) groups is 4. The highest BCUT2D eigenvalue weighted by molar-refractivity contribution is 5.96. The Bertz CT molecular complexity index is 522. The molecule has 0 aliphatic carbocycles. The van der Waals surface area contributed by atoms with Crippen LogP contribution >= 0.6 is 0 Å². The Morgan fingerprint density at radius 1 is 1.24 bits per heavy atom. The van der Waals surface area contributed by atoms with Crippen LogP contribution in [-0.2, 0) is 14.4 Å². The molecule has 1 rings (SSSR count). The van der Waals surface area contributed by atoms with Crippen molar-refractivity contribution >= 4 is 23.8 Å². The molecule has 0 aromatic carbocycles. The van der Waals surface area contributed by atoms with E-state index in [4.69, 9.17) is 14.6 Å². The first-order chi connectivity index (χ1) is 9.81. The van der Waals surface area contributed by atoms with Gasteiger partial charge in [0.15, 0.2) is 5.76 Å². The van der Waals surface area contributed by atoms with Crippen molar-refractivity contribution in [2.45, 2.75) is 13.0 Å². The van der Waals surface area contributed by atoms with Crippen LogP contribution in [0.15, 0.2) is 22.8 Å². The number of carbonyl (C=O) groups excluding carboxylic acids is 2. The number of carboxylic acids is 2. The lowest BCUT2D eigenvalue weighted by Gasteiger charge is -2.22. The largest absolute Gasteiger partial charge is 0.480 e. The van der Waals surface area contributed by atoms with E-state index in [1.54, 1.807) is 0 Å². The maximum Gasteiger partial charge on any atom is 0.323 e. The molecule has 0 aliphatic rings. The maximum atomic E-state index is 12.0. The first-order valence-electron chi connectivity index (χ1n) is 5.88. The quantitative estimate of drug-likeness (QED) is 0.611. The molecule has 21 heavy (non-hydrogen) atoms. The summed E-state index contributed by atoms with van der Waals surface area (Å²) in [5, 5.41) is 19.6. The SMILES string of the molecule is CC(NC(=O)c1ccco1)C(=O)N(CC(=O)O)CC(=O)O. The zero-order chi connectivity index (χ0) is 16.0. The number of hydrogen-bond donors (Lipinski definition) is 3. The van der Waals surface area contributed by atoms with Gasteiger partial charge in [0.05, 0.1) is 6.26 Å². The van der Waals surface area contributed by atoms with Crippen molar-refractivity contribution in [1.82, 2.24) is 10.2 Å². The summed E-state index contributed by atoms with van der Waals surface area (Å²) in [4.78, 5) is 45.6. The summed E-state index contributed by atoms with van der Waals surface area (Å²) in [5.41, 5.74) is 0. The van der Waals surface area contributed by atoms with Gasteiger partial charge in [0.25, 0.3) is 5.91 Å². The third kappa shape index (κ3) is 4.97. The molecule has 0 radical (unpaired) electrons. The average molecular weight is 298 g/mol. The average Bonchev–Trinajstić information content (AvgIpc) is 2.89. The predicted octanol–water partition coefficient (Wildman–Crippen LogP) is -0.604. The Balaban J connectivity index is 2.70. The molecule has 3 N–H and O–H groups in total. The van der Waals surface area contributed by atoms with Crippen molar-refractivity contribution in [3.63, 3.8) is 0 Å². The van der Waals surface area contributed by atoms with Gasteiger partial charge in [-0.2, -0.15) is 0 Å². The molecule has 0 spiro atoms. The van der Waals surface area contributed by atoms with Gasteiger partial charge < -0.3 is 24.8 Å². The van der Waals surface area contributed by atoms with E-state index in [2.05, 4.69) is 5.32 Å². The van der Waals surface area contributed by atoms with Crippen LogP contribution in [0, 0.1) is 0 Å². The number of aliphatic carboxylic acids is 2. The Hall–Kier alpha value is -2.84. The van der Waals surface area contributed by atoms with E-state index in [1.807, 2.05) is 0 Å². The Morgan fingerprint density at radius 2 is 1.81 bits per heavy atom. The van der Waals surface area contributed by atoms with Gasteiger partial charge in [-0.1, -0.05) is 0 Å². The number of nitrogens with zero attached hydrogens (tertiary/aromatic N) is 1. The summed E-state index contributed by atoms with van der Waals surface area (Å²) >= 11 is 0. The zero-order valence-corrected chi connectivity index (χ0v) is 11.1. The molecule has 9 heteroatoms. The fourth-order valence-corrected chi connectivity index (χ4v) is 1.55. The summed E-state index contributed by atoms with van der Waals surface area (Å²) in [6.45, 7) is -0.224. The normalized spacial score (nSPS) is 11.5. The molecule has 0 aliphatic heterocycles. The Kier molecular flexibility index (Phi) is 5.47. The second-order valence-electron chi connectivity index (χ2n) is 4.15. The highest BCUT2D eigenvalue weighted by Crippen LogP contribution is 2.02. The van der Waals surface area contributed by atoms with E-state index in [-0.39, 0.29) is 5.76 Å². The van der Waals surface area contributed by atoms with Gasteiger partial charge in [-0.05, 0) is 19.1 Å². The van der Waals surface area contributed by atoms with Gasteiger partial charge in [-0.15, -0.1) is 0 Å². The number of amides is 2. The molecule has 9 nitrogen and oxygen atoms in total. The predicted molar refractivity (Wildman–Crippen MR) is 67.5 cm³/mol. The molecule has 1 aromatic heterocycles. The van der Waals surface area contributed by atoms with Crippen LogP contribution in [0.25, 0.3) is 0 Å². The summed E-state index contributed by atoms with van der Waals surface area (Å²) < 4.78 is 4.84. The number of rotatable bonds is 7. The fraction of sp³-hybridized carbons (Fsp3) is 0.333. The van der Waals surface area contributed by atoms with E-state index >= 15 is 0 Å². The Morgan fingerprint density at radius 3 is 2.24 bits per heavy atom. The molecular weight excluding hydrogens is 284 g/mol. The smallest absolute Gasteiger partial charge is 0.323 e. The van der Waals surface area contributed by atoms with Gasteiger partial charge in [-0.3, -0.25) is 19.2 Å². The molecule has 1 atom stereocenters. The van der Waals surface area contributed by atoms with Crippen molar-refractivity contribution in [2.24, 2.45) is 0 Å². The summed E-state index contributed by atoms with van der Waals surface area (Å²) in [5.74, 6) is -4.20. The van der Waals surface area contributed by atoms with Crippen LogP contribution in [0.1, 0.15) is 17.5 Å². The van der Waals surface area contributed by atoms with Crippen LogP contribution in [0.3, 0.4) is 0 Å². The Labute approximate surface area is 119 Å². The molecule has 1 heterocycles. The standard InChI is InChI=1S/C12H14N2O7/c1-7(13-11(19)8-3-2-4-21-8)12(20)14(5-9(15)16)6-10(17)18/h2-4,7H,5-6H2,1H3,(H,13,19)(H,15,16)(H,17,18). The first-order valence-corrected chi connectivity index (χ1v) is 5.88. The van der Waals surface area contributed by atoms with E-state index in [0.29, 0.717) is 4.90 Å². The molecule has 2 amide bonds. The van der Waals surface area contributed by atoms with Crippen LogP contribution in [0.4, 0.5) is 0 Å². The second kappa shape index (κ2) is 7.08. The number of carboxylic acid groups (broad SMARTS) is 2. The lowest BCUT2D eigenvalue weighted by atomic mass is 10.2. The third-order valence-electron chi connectivity index (χ3n) is 2.43. The second-order valence-corrected chi connectivity index (χ2v) is 4.15. The minimum atomic E-state index is -1.35. The third-order valence-corrected chi connectivity index (χ3v) is 2.43. The van der Waals surface area contributed by atoms with Crippen LogP contribution in [0.5, 0.6) is 0 Å². The summed E-state index contributed by atoms with van der Waals surface area (Å²) in [6.07, 6.45) is 1.28. The number of nitrogens with one attached hydrogen (secondary N) is 1. The van der Waals surface area contributed by atoms with E-state index in [0.717, 1.165) is 0 Å². The number of furan rings is 1. The van der Waals surface area contributed by atoms with E-state index in [1.165, 1.54) is 25.3 Å². The summed E-state index contributed by atoms with van der Waals surface area (Å²) in [7, 11) is 0. The molecule has 0 saturated carbocycles. The molecule has 0 saturated heterocycles. The molecular formula is C12H14N2O7. The molecule has 114 valence electrons. The topological polar surface area (TPSA) is 137 Å².